The molecule has 1 aromatic carbocycles. The van der Waals surface area contributed by atoms with E-state index in [1.165, 1.54) is 5.69 Å². The normalized spacial score (nSPS) is 19.0. The highest BCUT2D eigenvalue weighted by molar-refractivity contribution is 6.07. The fourth-order valence-corrected chi connectivity index (χ4v) is 3.42. The van der Waals surface area contributed by atoms with Crippen molar-refractivity contribution in [1.29, 1.82) is 0 Å². The third kappa shape index (κ3) is 3.97. The molecule has 1 saturated heterocycles. The largest absolute Gasteiger partial charge is 0.368 e. The topological polar surface area (TPSA) is 52.7 Å². The SMILES string of the molecule is CC(C)CCNC(=O)C1(C(=O)N2CCN(c3ccccc3)CC2)CC1. The van der Waals surface area contributed by atoms with Crippen LogP contribution in [0.2, 0.25) is 0 Å². The van der Waals surface area contributed by atoms with Gasteiger partial charge in [-0.1, -0.05) is 32.0 Å². The van der Waals surface area contributed by atoms with Crippen molar-refractivity contribution in [2.24, 2.45) is 11.3 Å². The minimum atomic E-state index is -0.772. The monoisotopic (exact) mass is 343 g/mol. The summed E-state index contributed by atoms with van der Waals surface area (Å²) in [6, 6.07) is 10.3. The van der Waals surface area contributed by atoms with E-state index in [4.69, 9.17) is 0 Å². The summed E-state index contributed by atoms with van der Waals surface area (Å²) in [4.78, 5) is 29.6. The first kappa shape index (κ1) is 17.8. The van der Waals surface area contributed by atoms with Gasteiger partial charge in [-0.05, 0) is 37.3 Å². The zero-order valence-electron chi connectivity index (χ0n) is 15.3. The number of hydrogen-bond acceptors (Lipinski definition) is 3. The van der Waals surface area contributed by atoms with Crippen molar-refractivity contribution in [3.05, 3.63) is 30.3 Å². The van der Waals surface area contributed by atoms with Crippen LogP contribution in [0.1, 0.15) is 33.1 Å². The van der Waals surface area contributed by atoms with Gasteiger partial charge in [0.2, 0.25) is 11.8 Å². The highest BCUT2D eigenvalue weighted by Crippen LogP contribution is 2.47. The Kier molecular flexibility index (Phi) is 5.30. The summed E-state index contributed by atoms with van der Waals surface area (Å²) >= 11 is 0. The first-order chi connectivity index (χ1) is 12.0. The summed E-state index contributed by atoms with van der Waals surface area (Å²) in [6.45, 7) is 7.95. The van der Waals surface area contributed by atoms with Crippen LogP contribution in [-0.4, -0.2) is 49.4 Å². The van der Waals surface area contributed by atoms with E-state index in [2.05, 4.69) is 36.2 Å². The molecule has 1 saturated carbocycles. The third-order valence-corrected chi connectivity index (χ3v) is 5.29. The number of nitrogens with one attached hydrogen (secondary N) is 1. The Hall–Kier alpha value is -2.04. The second-order valence-corrected chi connectivity index (χ2v) is 7.64. The molecule has 1 aliphatic heterocycles. The maximum absolute atomic E-state index is 12.9. The molecule has 1 N–H and O–H groups in total. The highest BCUT2D eigenvalue weighted by atomic mass is 16.2. The summed E-state index contributed by atoms with van der Waals surface area (Å²) < 4.78 is 0. The van der Waals surface area contributed by atoms with Crippen LogP contribution >= 0.6 is 0 Å². The summed E-state index contributed by atoms with van der Waals surface area (Å²) in [7, 11) is 0. The van der Waals surface area contributed by atoms with Crippen molar-refractivity contribution in [2.75, 3.05) is 37.6 Å². The van der Waals surface area contributed by atoms with E-state index in [9.17, 15) is 9.59 Å². The van der Waals surface area contributed by atoms with Crippen LogP contribution in [0.5, 0.6) is 0 Å². The number of carbonyl (C=O) groups is 2. The molecule has 25 heavy (non-hydrogen) atoms. The van der Waals surface area contributed by atoms with Gasteiger partial charge in [0, 0.05) is 38.4 Å². The fraction of sp³-hybridized carbons (Fsp3) is 0.600. The van der Waals surface area contributed by atoms with Gasteiger partial charge in [-0.15, -0.1) is 0 Å². The summed E-state index contributed by atoms with van der Waals surface area (Å²) in [6.07, 6.45) is 2.34. The molecule has 2 aliphatic rings. The standard InChI is InChI=1S/C20H29N3O2/c1-16(2)8-11-21-18(24)20(9-10-20)19(25)23-14-12-22(13-15-23)17-6-4-3-5-7-17/h3-7,16H,8-15H2,1-2H3,(H,21,24). The molecule has 0 spiro atoms. The van der Waals surface area contributed by atoms with Gasteiger partial charge in [0.1, 0.15) is 5.41 Å². The van der Waals surface area contributed by atoms with Crippen LogP contribution in [0.4, 0.5) is 5.69 Å². The predicted molar refractivity (Wildman–Crippen MR) is 99.4 cm³/mol. The molecule has 1 heterocycles. The molecule has 0 atom stereocenters. The molecule has 0 bridgehead atoms. The lowest BCUT2D eigenvalue weighted by Crippen LogP contribution is -2.53. The second kappa shape index (κ2) is 7.46. The van der Waals surface area contributed by atoms with Gasteiger partial charge < -0.3 is 15.1 Å². The Morgan fingerprint density at radius 3 is 2.28 bits per heavy atom. The smallest absolute Gasteiger partial charge is 0.238 e. The highest BCUT2D eigenvalue weighted by Gasteiger charge is 2.58. The van der Waals surface area contributed by atoms with E-state index in [1.54, 1.807) is 0 Å². The minimum Gasteiger partial charge on any atom is -0.368 e. The molecule has 5 nitrogen and oxygen atoms in total. The van der Waals surface area contributed by atoms with Gasteiger partial charge in [0.05, 0.1) is 0 Å². The van der Waals surface area contributed by atoms with Crippen LogP contribution in [-0.2, 0) is 9.59 Å². The molecule has 0 radical (unpaired) electrons. The molecule has 5 heteroatoms. The van der Waals surface area contributed by atoms with Crippen LogP contribution in [0, 0.1) is 11.3 Å². The molecule has 1 aliphatic carbocycles. The Morgan fingerprint density at radius 2 is 1.72 bits per heavy atom. The fourth-order valence-electron chi connectivity index (χ4n) is 3.42. The number of nitrogens with zero attached hydrogens (tertiary/aromatic N) is 2. The average Bonchev–Trinajstić information content (AvgIpc) is 3.43. The zero-order chi connectivity index (χ0) is 17.9. The summed E-state index contributed by atoms with van der Waals surface area (Å²) in [5, 5.41) is 2.97. The molecule has 1 aromatic rings. The van der Waals surface area contributed by atoms with Crippen molar-refractivity contribution >= 4 is 17.5 Å². The number of piperazine rings is 1. The molecule has 2 fully saturated rings. The van der Waals surface area contributed by atoms with E-state index in [0.717, 1.165) is 19.5 Å². The Labute approximate surface area is 150 Å². The molecular formula is C20H29N3O2. The summed E-state index contributed by atoms with van der Waals surface area (Å²) in [5.74, 6) is 0.517. The number of para-hydroxylation sites is 1. The number of amides is 2. The first-order valence-corrected chi connectivity index (χ1v) is 9.40. The quantitative estimate of drug-likeness (QED) is 0.806. The molecule has 3 rings (SSSR count). The minimum absolute atomic E-state index is 0.0299. The van der Waals surface area contributed by atoms with E-state index in [-0.39, 0.29) is 11.8 Å². The van der Waals surface area contributed by atoms with Gasteiger partial charge in [0.25, 0.3) is 0 Å². The Bertz CT molecular complexity index is 603. The van der Waals surface area contributed by atoms with E-state index < -0.39 is 5.41 Å². The summed E-state index contributed by atoms with van der Waals surface area (Å²) in [5.41, 5.74) is 0.425. The molecular weight excluding hydrogens is 314 g/mol. The van der Waals surface area contributed by atoms with Crippen molar-refractivity contribution in [1.82, 2.24) is 10.2 Å². The van der Waals surface area contributed by atoms with E-state index in [0.29, 0.717) is 38.4 Å². The average molecular weight is 343 g/mol. The van der Waals surface area contributed by atoms with Crippen molar-refractivity contribution in [3.8, 4) is 0 Å². The van der Waals surface area contributed by atoms with Gasteiger partial charge in [-0.25, -0.2) is 0 Å². The lowest BCUT2D eigenvalue weighted by Gasteiger charge is -2.37. The molecule has 0 aromatic heterocycles. The van der Waals surface area contributed by atoms with Gasteiger partial charge >= 0.3 is 0 Å². The van der Waals surface area contributed by atoms with Crippen molar-refractivity contribution in [3.63, 3.8) is 0 Å². The van der Waals surface area contributed by atoms with Gasteiger partial charge in [-0.3, -0.25) is 9.59 Å². The van der Waals surface area contributed by atoms with Gasteiger partial charge in [0.15, 0.2) is 0 Å². The molecule has 136 valence electrons. The number of hydrogen-bond donors (Lipinski definition) is 1. The number of anilines is 1. The van der Waals surface area contributed by atoms with Crippen molar-refractivity contribution < 1.29 is 9.59 Å². The predicted octanol–water partition coefficient (Wildman–Crippen LogP) is 2.28. The van der Waals surface area contributed by atoms with Crippen LogP contribution in [0.25, 0.3) is 0 Å². The lowest BCUT2D eigenvalue weighted by molar-refractivity contribution is -0.144. The Morgan fingerprint density at radius 1 is 1.08 bits per heavy atom. The number of rotatable bonds is 6. The zero-order valence-corrected chi connectivity index (χ0v) is 15.3. The second-order valence-electron chi connectivity index (χ2n) is 7.64. The van der Waals surface area contributed by atoms with E-state index in [1.807, 2.05) is 23.1 Å². The third-order valence-electron chi connectivity index (χ3n) is 5.29. The maximum atomic E-state index is 12.9. The first-order valence-electron chi connectivity index (χ1n) is 9.40. The number of benzene rings is 1. The lowest BCUT2D eigenvalue weighted by atomic mass is 10.0. The van der Waals surface area contributed by atoms with Gasteiger partial charge in [-0.2, -0.15) is 0 Å². The van der Waals surface area contributed by atoms with Crippen molar-refractivity contribution in [2.45, 2.75) is 33.1 Å². The Balaban J connectivity index is 1.53. The number of carbonyl (C=O) groups excluding carboxylic acids is 2. The van der Waals surface area contributed by atoms with Crippen LogP contribution in [0.15, 0.2) is 30.3 Å². The maximum Gasteiger partial charge on any atom is 0.238 e. The molecule has 2 amide bonds. The van der Waals surface area contributed by atoms with Crippen LogP contribution < -0.4 is 10.2 Å². The van der Waals surface area contributed by atoms with Crippen LogP contribution in [0.3, 0.4) is 0 Å². The van der Waals surface area contributed by atoms with E-state index >= 15 is 0 Å². The molecule has 0 unspecified atom stereocenters.